The van der Waals surface area contributed by atoms with Gasteiger partial charge in [0, 0.05) is 0 Å². The van der Waals surface area contributed by atoms with Crippen molar-refractivity contribution in [1.29, 1.82) is 0 Å². The molecule has 0 spiro atoms. The Labute approximate surface area is 143 Å². The molecule has 0 saturated heterocycles. The lowest BCUT2D eigenvalue weighted by Crippen LogP contribution is -2.09. The van der Waals surface area contributed by atoms with E-state index in [1.807, 2.05) is 50.2 Å². The van der Waals surface area contributed by atoms with E-state index in [0.29, 0.717) is 30.3 Å². The Bertz CT molecular complexity index is 637. The molecule has 0 heterocycles. The van der Waals surface area contributed by atoms with Crippen molar-refractivity contribution in [1.82, 2.24) is 0 Å². The molecule has 0 atom stereocenters. The molecule has 0 radical (unpaired) electrons. The fourth-order valence-corrected chi connectivity index (χ4v) is 2.12. The third kappa shape index (κ3) is 5.30. The van der Waals surface area contributed by atoms with Gasteiger partial charge in [0.05, 0.1) is 13.2 Å². The topological polar surface area (TPSA) is 44.8 Å². The molecular formula is C20H24O4. The maximum Gasteiger partial charge on any atom is 0.342 e. The van der Waals surface area contributed by atoms with Crippen LogP contribution in [0.4, 0.5) is 0 Å². The predicted molar refractivity (Wildman–Crippen MR) is 93.6 cm³/mol. The second kappa shape index (κ2) is 9.60. The van der Waals surface area contributed by atoms with Gasteiger partial charge in [-0.2, -0.15) is 0 Å². The van der Waals surface area contributed by atoms with Crippen LogP contribution in [0.3, 0.4) is 0 Å². The second-order valence-corrected chi connectivity index (χ2v) is 5.42. The van der Waals surface area contributed by atoms with Gasteiger partial charge in [0.2, 0.25) is 0 Å². The molecule has 4 nitrogen and oxygen atoms in total. The molecule has 0 aliphatic heterocycles. The van der Waals surface area contributed by atoms with Gasteiger partial charge >= 0.3 is 5.97 Å². The smallest absolute Gasteiger partial charge is 0.342 e. The Morgan fingerprint density at radius 1 is 0.917 bits per heavy atom. The molecule has 0 aliphatic carbocycles. The van der Waals surface area contributed by atoms with Crippen molar-refractivity contribution in [3.05, 3.63) is 59.7 Å². The molecule has 2 aromatic carbocycles. The molecule has 2 rings (SSSR count). The van der Waals surface area contributed by atoms with Crippen LogP contribution < -0.4 is 9.47 Å². The highest BCUT2D eigenvalue weighted by molar-refractivity contribution is 5.93. The summed E-state index contributed by atoms with van der Waals surface area (Å²) in [4.78, 5) is 12.5. The Balaban J connectivity index is 2.12. The number of benzene rings is 2. The Morgan fingerprint density at radius 2 is 1.62 bits per heavy atom. The number of hydrogen-bond donors (Lipinski definition) is 0. The summed E-state index contributed by atoms with van der Waals surface area (Å²) in [5.41, 5.74) is 1.34. The highest BCUT2D eigenvalue weighted by Crippen LogP contribution is 2.26. The summed E-state index contributed by atoms with van der Waals surface area (Å²) in [6.07, 6.45) is 1.77. The Hall–Kier alpha value is -2.49. The van der Waals surface area contributed by atoms with E-state index in [9.17, 15) is 4.79 Å². The molecule has 2 aromatic rings. The minimum Gasteiger partial charge on any atom is -0.494 e. The van der Waals surface area contributed by atoms with Crippen molar-refractivity contribution in [3.8, 4) is 11.5 Å². The lowest BCUT2D eigenvalue weighted by molar-refractivity contribution is 0.0467. The van der Waals surface area contributed by atoms with Gasteiger partial charge in [-0.3, -0.25) is 0 Å². The van der Waals surface area contributed by atoms with E-state index in [4.69, 9.17) is 14.2 Å². The highest BCUT2D eigenvalue weighted by atomic mass is 16.5. The van der Waals surface area contributed by atoms with Crippen LogP contribution in [-0.4, -0.2) is 19.2 Å². The van der Waals surface area contributed by atoms with Crippen LogP contribution in [0, 0.1) is 0 Å². The van der Waals surface area contributed by atoms with E-state index < -0.39 is 5.97 Å². The molecule has 4 heteroatoms. The zero-order chi connectivity index (χ0) is 17.2. The number of rotatable bonds is 9. The highest BCUT2D eigenvalue weighted by Gasteiger charge is 2.16. The normalized spacial score (nSPS) is 10.2. The fraction of sp³-hybridized carbons (Fsp3) is 0.350. The van der Waals surface area contributed by atoms with Crippen molar-refractivity contribution in [3.63, 3.8) is 0 Å². The number of carbonyl (C=O) groups is 1. The van der Waals surface area contributed by atoms with Crippen LogP contribution in [0.1, 0.15) is 42.6 Å². The maximum atomic E-state index is 12.5. The number of ether oxygens (including phenoxy) is 3. The van der Waals surface area contributed by atoms with Crippen LogP contribution in [-0.2, 0) is 11.3 Å². The summed E-state index contributed by atoms with van der Waals surface area (Å²) in [7, 11) is 0. The zero-order valence-corrected chi connectivity index (χ0v) is 14.3. The summed E-state index contributed by atoms with van der Waals surface area (Å²) in [6.45, 7) is 5.44. The standard InChI is InChI=1S/C20H24O4/c1-3-12-22-17-10-11-19(23-13-4-2)18(14-17)20(21)24-15-16-8-6-5-7-9-16/h5-11,14H,3-4,12-13,15H2,1-2H3. The van der Waals surface area contributed by atoms with Crippen LogP contribution in [0.25, 0.3) is 0 Å². The van der Waals surface area contributed by atoms with E-state index in [1.165, 1.54) is 0 Å². The third-order valence-electron chi connectivity index (χ3n) is 3.32. The molecular weight excluding hydrogens is 304 g/mol. The lowest BCUT2D eigenvalue weighted by atomic mass is 10.2. The van der Waals surface area contributed by atoms with E-state index in [0.717, 1.165) is 18.4 Å². The number of carbonyl (C=O) groups excluding carboxylic acids is 1. The summed E-state index contributed by atoms with van der Waals surface area (Å²) in [6, 6.07) is 14.9. The molecule has 0 amide bonds. The first-order chi connectivity index (χ1) is 11.7. The summed E-state index contributed by atoms with van der Waals surface area (Å²) >= 11 is 0. The second-order valence-electron chi connectivity index (χ2n) is 5.42. The van der Waals surface area contributed by atoms with Gasteiger partial charge in [0.1, 0.15) is 23.7 Å². The minimum atomic E-state index is -0.410. The van der Waals surface area contributed by atoms with Gasteiger partial charge in [-0.15, -0.1) is 0 Å². The molecule has 128 valence electrons. The summed E-state index contributed by atoms with van der Waals surface area (Å²) in [5.74, 6) is 0.762. The number of hydrogen-bond acceptors (Lipinski definition) is 4. The van der Waals surface area contributed by atoms with Crippen molar-refractivity contribution in [2.24, 2.45) is 0 Å². The van der Waals surface area contributed by atoms with E-state index >= 15 is 0 Å². The van der Waals surface area contributed by atoms with Gasteiger partial charge in [-0.05, 0) is 36.6 Å². The first-order valence-corrected chi connectivity index (χ1v) is 8.35. The number of esters is 1. The summed E-state index contributed by atoms with van der Waals surface area (Å²) in [5, 5.41) is 0. The SMILES string of the molecule is CCCOc1ccc(OCCC)c(C(=O)OCc2ccccc2)c1. The molecule has 0 unspecified atom stereocenters. The molecule has 0 aromatic heterocycles. The van der Waals surface area contributed by atoms with E-state index in [2.05, 4.69) is 0 Å². The lowest BCUT2D eigenvalue weighted by Gasteiger charge is -2.13. The van der Waals surface area contributed by atoms with E-state index in [1.54, 1.807) is 12.1 Å². The van der Waals surface area contributed by atoms with Crippen LogP contribution >= 0.6 is 0 Å². The first kappa shape index (κ1) is 17.9. The van der Waals surface area contributed by atoms with Crippen LogP contribution in [0.15, 0.2) is 48.5 Å². The minimum absolute atomic E-state index is 0.229. The summed E-state index contributed by atoms with van der Waals surface area (Å²) < 4.78 is 16.7. The van der Waals surface area contributed by atoms with Crippen LogP contribution in [0.5, 0.6) is 11.5 Å². The molecule has 0 saturated carbocycles. The monoisotopic (exact) mass is 328 g/mol. The van der Waals surface area contributed by atoms with Crippen molar-refractivity contribution >= 4 is 5.97 Å². The van der Waals surface area contributed by atoms with Gasteiger partial charge < -0.3 is 14.2 Å². The van der Waals surface area contributed by atoms with Gasteiger partial charge in [0.25, 0.3) is 0 Å². The Kier molecular flexibility index (Phi) is 7.15. The zero-order valence-electron chi connectivity index (χ0n) is 14.3. The van der Waals surface area contributed by atoms with E-state index in [-0.39, 0.29) is 6.61 Å². The van der Waals surface area contributed by atoms with Crippen molar-refractivity contribution in [2.75, 3.05) is 13.2 Å². The first-order valence-electron chi connectivity index (χ1n) is 8.35. The van der Waals surface area contributed by atoms with Gasteiger partial charge in [-0.1, -0.05) is 44.2 Å². The molecule has 0 fully saturated rings. The predicted octanol–water partition coefficient (Wildman–Crippen LogP) is 4.62. The largest absolute Gasteiger partial charge is 0.494 e. The average molecular weight is 328 g/mol. The Morgan fingerprint density at radius 3 is 2.33 bits per heavy atom. The molecule has 24 heavy (non-hydrogen) atoms. The average Bonchev–Trinajstić information content (AvgIpc) is 2.63. The molecule has 0 N–H and O–H groups in total. The van der Waals surface area contributed by atoms with Gasteiger partial charge in [0.15, 0.2) is 0 Å². The quantitative estimate of drug-likeness (QED) is 0.630. The maximum absolute atomic E-state index is 12.5. The fourth-order valence-electron chi connectivity index (χ4n) is 2.12. The molecule has 0 bridgehead atoms. The van der Waals surface area contributed by atoms with Crippen LogP contribution in [0.2, 0.25) is 0 Å². The third-order valence-corrected chi connectivity index (χ3v) is 3.32. The van der Waals surface area contributed by atoms with Crippen molar-refractivity contribution in [2.45, 2.75) is 33.3 Å². The van der Waals surface area contributed by atoms with Crippen molar-refractivity contribution < 1.29 is 19.0 Å². The van der Waals surface area contributed by atoms with Gasteiger partial charge in [-0.25, -0.2) is 4.79 Å². The molecule has 0 aliphatic rings.